The zero-order chi connectivity index (χ0) is 20.8. The summed E-state index contributed by atoms with van der Waals surface area (Å²) in [5.41, 5.74) is 2.79. The number of halogens is 1. The minimum Gasteiger partial charge on any atom is -0.494 e. The van der Waals surface area contributed by atoms with Crippen LogP contribution in [-0.4, -0.2) is 21.8 Å². The number of benzene rings is 2. The number of anilines is 2. The molecular weight excluding hydrogens is 423 g/mol. The molecule has 0 atom stereocenters. The van der Waals surface area contributed by atoms with Crippen LogP contribution in [0.1, 0.15) is 24.1 Å². The molecule has 0 aliphatic carbocycles. The summed E-state index contributed by atoms with van der Waals surface area (Å²) in [6.07, 6.45) is 0.464. The summed E-state index contributed by atoms with van der Waals surface area (Å²) in [5.74, 6) is 1.74. The van der Waals surface area contributed by atoms with Crippen molar-refractivity contribution in [2.24, 2.45) is 0 Å². The molecule has 0 amide bonds. The smallest absolute Gasteiger partial charge is 0.276 e. The van der Waals surface area contributed by atoms with Crippen LogP contribution in [-0.2, 0) is 12.2 Å². The second kappa shape index (κ2) is 9.73. The Morgan fingerprint density at radius 2 is 1.90 bits per heavy atom. The molecular formula is C21H19FN4O2S2. The van der Waals surface area contributed by atoms with E-state index < -0.39 is 0 Å². The van der Waals surface area contributed by atoms with E-state index in [0.717, 1.165) is 27.8 Å². The van der Waals surface area contributed by atoms with Crippen LogP contribution in [0.25, 0.3) is 0 Å². The molecule has 0 radical (unpaired) electrons. The molecule has 0 unspecified atom stereocenters. The van der Waals surface area contributed by atoms with E-state index >= 15 is 0 Å². The van der Waals surface area contributed by atoms with E-state index in [4.69, 9.17) is 9.15 Å². The molecule has 4 rings (SSSR count). The molecule has 0 spiro atoms. The largest absolute Gasteiger partial charge is 0.494 e. The van der Waals surface area contributed by atoms with Gasteiger partial charge in [0.25, 0.3) is 5.22 Å². The Balaban J connectivity index is 1.31. The van der Waals surface area contributed by atoms with Gasteiger partial charge >= 0.3 is 0 Å². The summed E-state index contributed by atoms with van der Waals surface area (Å²) in [5, 5.41) is 14.7. The molecule has 0 aliphatic rings. The maximum absolute atomic E-state index is 13.0. The van der Waals surface area contributed by atoms with Crippen molar-refractivity contribution in [1.29, 1.82) is 0 Å². The predicted molar refractivity (Wildman–Crippen MR) is 116 cm³/mol. The summed E-state index contributed by atoms with van der Waals surface area (Å²) in [6.45, 7) is 2.60. The van der Waals surface area contributed by atoms with E-state index in [1.54, 1.807) is 12.1 Å². The quantitative estimate of drug-likeness (QED) is 0.334. The third-order valence-electron chi connectivity index (χ3n) is 4.02. The van der Waals surface area contributed by atoms with E-state index in [2.05, 4.69) is 20.5 Å². The number of nitrogens with one attached hydrogen (secondary N) is 1. The number of hydrogen-bond donors (Lipinski definition) is 1. The van der Waals surface area contributed by atoms with Gasteiger partial charge in [-0.3, -0.25) is 0 Å². The standard InChI is InChI=1S/C21H19FN4O2S2/c1-2-27-18-9-7-16(8-10-18)23-20-24-17(13-29-20)11-19-25-26-21(28-19)30-12-14-3-5-15(22)6-4-14/h3-10,13H,2,11-12H2,1H3,(H,23,24). The van der Waals surface area contributed by atoms with Crippen LogP contribution in [0.5, 0.6) is 5.75 Å². The van der Waals surface area contributed by atoms with Crippen LogP contribution in [0.2, 0.25) is 0 Å². The Morgan fingerprint density at radius 3 is 2.67 bits per heavy atom. The van der Waals surface area contributed by atoms with E-state index in [0.29, 0.717) is 29.9 Å². The highest BCUT2D eigenvalue weighted by atomic mass is 32.2. The van der Waals surface area contributed by atoms with Crippen molar-refractivity contribution < 1.29 is 13.5 Å². The highest BCUT2D eigenvalue weighted by molar-refractivity contribution is 7.98. The van der Waals surface area contributed by atoms with Crippen molar-refractivity contribution in [3.05, 3.63) is 76.9 Å². The number of hydrogen-bond acceptors (Lipinski definition) is 8. The summed E-state index contributed by atoms with van der Waals surface area (Å²) < 4.78 is 24.1. The van der Waals surface area contributed by atoms with E-state index in [1.807, 2.05) is 36.6 Å². The van der Waals surface area contributed by atoms with Crippen LogP contribution < -0.4 is 10.1 Å². The molecule has 154 valence electrons. The lowest BCUT2D eigenvalue weighted by molar-refractivity contribution is 0.340. The third-order valence-corrected chi connectivity index (χ3v) is 5.72. The van der Waals surface area contributed by atoms with Crippen LogP contribution >= 0.6 is 23.1 Å². The van der Waals surface area contributed by atoms with Gasteiger partial charge in [0.15, 0.2) is 5.13 Å². The molecule has 2 aromatic carbocycles. The Morgan fingerprint density at radius 1 is 1.10 bits per heavy atom. The fourth-order valence-corrected chi connectivity index (χ4v) is 4.09. The Labute approximate surface area is 181 Å². The Bertz CT molecular complexity index is 1080. The Kier molecular flexibility index (Phi) is 6.60. The Hall–Kier alpha value is -2.91. The van der Waals surface area contributed by atoms with Crippen molar-refractivity contribution in [3.8, 4) is 5.75 Å². The van der Waals surface area contributed by atoms with Crippen molar-refractivity contribution >= 4 is 33.9 Å². The number of thiazole rings is 1. The zero-order valence-corrected chi connectivity index (χ0v) is 17.8. The van der Waals surface area contributed by atoms with Gasteiger partial charge in [-0.15, -0.1) is 21.5 Å². The fourth-order valence-electron chi connectivity index (χ4n) is 2.62. The lowest BCUT2D eigenvalue weighted by Gasteiger charge is -2.05. The molecule has 0 bridgehead atoms. The highest BCUT2D eigenvalue weighted by Gasteiger charge is 2.11. The minimum atomic E-state index is -0.247. The topological polar surface area (TPSA) is 73.1 Å². The van der Waals surface area contributed by atoms with Gasteiger partial charge in [-0.1, -0.05) is 23.9 Å². The van der Waals surface area contributed by atoms with Crippen molar-refractivity contribution in [3.63, 3.8) is 0 Å². The number of rotatable bonds is 9. The van der Waals surface area contributed by atoms with Crippen LogP contribution in [0, 0.1) is 5.82 Å². The maximum atomic E-state index is 13.0. The molecule has 6 nitrogen and oxygen atoms in total. The third kappa shape index (κ3) is 5.58. The fraction of sp³-hybridized carbons (Fsp3) is 0.190. The first-order valence-electron chi connectivity index (χ1n) is 9.32. The number of aromatic nitrogens is 3. The molecule has 9 heteroatoms. The van der Waals surface area contributed by atoms with Crippen LogP contribution in [0.3, 0.4) is 0 Å². The SMILES string of the molecule is CCOc1ccc(Nc2nc(Cc3nnc(SCc4ccc(F)cc4)o3)cs2)cc1. The predicted octanol–water partition coefficient (Wildman–Crippen LogP) is 5.69. The van der Waals surface area contributed by atoms with Crippen molar-refractivity contribution in [1.82, 2.24) is 15.2 Å². The van der Waals surface area contributed by atoms with Crippen LogP contribution in [0.4, 0.5) is 15.2 Å². The second-order valence-corrected chi connectivity index (χ2v) is 8.06. The first-order valence-corrected chi connectivity index (χ1v) is 11.2. The van der Waals surface area contributed by atoms with Crippen molar-refractivity contribution in [2.75, 3.05) is 11.9 Å². The summed E-state index contributed by atoms with van der Waals surface area (Å²) in [4.78, 5) is 4.58. The van der Waals surface area contributed by atoms with Gasteiger partial charge in [0.2, 0.25) is 5.89 Å². The number of nitrogens with zero attached hydrogens (tertiary/aromatic N) is 3. The average Bonchev–Trinajstić information content (AvgIpc) is 3.39. The highest BCUT2D eigenvalue weighted by Crippen LogP contribution is 2.25. The van der Waals surface area contributed by atoms with E-state index in [-0.39, 0.29) is 5.82 Å². The van der Waals surface area contributed by atoms with Gasteiger partial charge in [-0.2, -0.15) is 0 Å². The molecule has 30 heavy (non-hydrogen) atoms. The van der Waals surface area contributed by atoms with Crippen LogP contribution in [0.15, 0.2) is 63.6 Å². The van der Waals surface area contributed by atoms with E-state index in [9.17, 15) is 4.39 Å². The summed E-state index contributed by atoms with van der Waals surface area (Å²) >= 11 is 2.93. The molecule has 4 aromatic rings. The maximum Gasteiger partial charge on any atom is 0.276 e. The average molecular weight is 443 g/mol. The van der Waals surface area contributed by atoms with Gasteiger partial charge in [0.1, 0.15) is 11.6 Å². The first kappa shape index (κ1) is 20.4. The molecule has 1 N–H and O–H groups in total. The van der Waals surface area contributed by atoms with Gasteiger partial charge in [-0.05, 0) is 48.9 Å². The summed E-state index contributed by atoms with van der Waals surface area (Å²) in [7, 11) is 0. The summed E-state index contributed by atoms with van der Waals surface area (Å²) in [6, 6.07) is 14.1. The van der Waals surface area contributed by atoms with Crippen molar-refractivity contribution in [2.45, 2.75) is 24.3 Å². The van der Waals surface area contributed by atoms with Gasteiger partial charge in [0.05, 0.1) is 18.7 Å². The minimum absolute atomic E-state index is 0.247. The molecule has 2 aromatic heterocycles. The van der Waals surface area contributed by atoms with Gasteiger partial charge < -0.3 is 14.5 Å². The molecule has 0 saturated heterocycles. The molecule has 0 saturated carbocycles. The molecule has 2 heterocycles. The zero-order valence-electron chi connectivity index (χ0n) is 16.2. The number of ether oxygens (including phenoxy) is 1. The molecule has 0 aliphatic heterocycles. The lowest BCUT2D eigenvalue weighted by atomic mass is 10.2. The first-order chi connectivity index (χ1) is 14.7. The molecule has 0 fully saturated rings. The normalized spacial score (nSPS) is 10.9. The second-order valence-electron chi connectivity index (χ2n) is 6.28. The van der Waals surface area contributed by atoms with Gasteiger partial charge in [-0.25, -0.2) is 9.37 Å². The van der Waals surface area contributed by atoms with E-state index in [1.165, 1.54) is 35.2 Å². The van der Waals surface area contributed by atoms with Gasteiger partial charge in [0, 0.05) is 16.8 Å². The monoisotopic (exact) mass is 442 g/mol. The lowest BCUT2D eigenvalue weighted by Crippen LogP contribution is -1.94. The number of thioether (sulfide) groups is 1.